The van der Waals surface area contributed by atoms with Gasteiger partial charge in [-0.3, -0.25) is 0 Å². The van der Waals surface area contributed by atoms with E-state index < -0.39 is 0 Å². The molecule has 26 heavy (non-hydrogen) atoms. The number of hydrogen-bond acceptors (Lipinski definition) is 0. The number of aromatic amines is 1. The predicted octanol–water partition coefficient (Wildman–Crippen LogP) is 6.78. The van der Waals surface area contributed by atoms with Crippen molar-refractivity contribution in [1.29, 1.82) is 0 Å². The Hall–Kier alpha value is -3.06. The molecule has 124 valence electrons. The molecule has 0 bridgehead atoms. The minimum absolute atomic E-state index is 0.0188. The van der Waals surface area contributed by atoms with Gasteiger partial charge < -0.3 is 4.98 Å². The summed E-state index contributed by atoms with van der Waals surface area (Å²) in [6.45, 7) is 4.72. The number of aromatic nitrogens is 1. The molecule has 0 aliphatic heterocycles. The van der Waals surface area contributed by atoms with E-state index in [4.69, 9.17) is 0 Å². The zero-order valence-electron chi connectivity index (χ0n) is 14.9. The summed E-state index contributed by atoms with van der Waals surface area (Å²) in [5.74, 6) is 0. The minimum Gasteiger partial charge on any atom is -0.354 e. The molecule has 1 heteroatoms. The Labute approximate surface area is 152 Å². The van der Waals surface area contributed by atoms with Crippen molar-refractivity contribution in [2.24, 2.45) is 0 Å². The van der Waals surface area contributed by atoms with Crippen molar-refractivity contribution >= 4 is 32.6 Å². The normalized spacial score (nSPS) is 14.8. The first-order chi connectivity index (χ1) is 12.7. The van der Waals surface area contributed by atoms with Crippen LogP contribution in [0.15, 0.2) is 72.8 Å². The number of para-hydroxylation sites is 1. The van der Waals surface area contributed by atoms with E-state index in [9.17, 15) is 0 Å². The van der Waals surface area contributed by atoms with Gasteiger partial charge in [0.1, 0.15) is 0 Å². The molecule has 0 unspecified atom stereocenters. The molecule has 1 aliphatic rings. The lowest BCUT2D eigenvalue weighted by Gasteiger charge is -2.22. The molecule has 0 amide bonds. The van der Waals surface area contributed by atoms with Crippen molar-refractivity contribution in [2.75, 3.05) is 0 Å². The fraction of sp³-hybridized carbons (Fsp3) is 0.120. The van der Waals surface area contributed by atoms with Gasteiger partial charge in [0.2, 0.25) is 0 Å². The largest absolute Gasteiger partial charge is 0.354 e. The lowest BCUT2D eigenvalue weighted by atomic mass is 9.81. The summed E-state index contributed by atoms with van der Waals surface area (Å²) in [4.78, 5) is 3.72. The second-order valence-electron chi connectivity index (χ2n) is 7.92. The highest BCUT2D eigenvalue weighted by molar-refractivity contribution is 6.13. The van der Waals surface area contributed by atoms with Gasteiger partial charge in [0.15, 0.2) is 0 Å². The van der Waals surface area contributed by atoms with E-state index in [2.05, 4.69) is 91.6 Å². The van der Waals surface area contributed by atoms with Crippen LogP contribution in [-0.4, -0.2) is 4.98 Å². The number of nitrogens with one attached hydrogen (secondary N) is 1. The van der Waals surface area contributed by atoms with E-state index in [1.54, 1.807) is 0 Å². The van der Waals surface area contributed by atoms with Crippen LogP contribution >= 0.6 is 0 Å². The van der Waals surface area contributed by atoms with Gasteiger partial charge >= 0.3 is 0 Å². The summed E-state index contributed by atoms with van der Waals surface area (Å²) in [5, 5.41) is 5.30. The standard InChI is InChI=1S/C25H19N/c1-25(2)20-14-11-15-7-3-4-8-16(15)22(20)19-13-12-18-17-9-5-6-10-21(17)26-24(18)23(19)25/h3-14,26H,1-2H3. The third kappa shape index (κ3) is 1.56. The van der Waals surface area contributed by atoms with Gasteiger partial charge in [-0.1, -0.05) is 80.6 Å². The summed E-state index contributed by atoms with van der Waals surface area (Å²) in [7, 11) is 0. The quantitative estimate of drug-likeness (QED) is 0.321. The van der Waals surface area contributed by atoms with E-state index in [1.807, 2.05) is 0 Å². The smallest absolute Gasteiger partial charge is 0.0512 e. The Kier molecular flexibility index (Phi) is 2.48. The third-order valence-electron chi connectivity index (χ3n) is 6.18. The zero-order chi connectivity index (χ0) is 17.5. The molecule has 4 aromatic carbocycles. The van der Waals surface area contributed by atoms with E-state index >= 15 is 0 Å². The number of hydrogen-bond donors (Lipinski definition) is 1. The molecule has 5 aromatic rings. The Bertz CT molecular complexity index is 1350. The van der Waals surface area contributed by atoms with Crippen LogP contribution in [0.5, 0.6) is 0 Å². The highest BCUT2D eigenvalue weighted by Gasteiger charge is 2.38. The Morgan fingerprint density at radius 3 is 2.35 bits per heavy atom. The number of fused-ring (bicyclic) bond motifs is 9. The fourth-order valence-electron chi connectivity index (χ4n) is 4.99. The van der Waals surface area contributed by atoms with Gasteiger partial charge in [-0.15, -0.1) is 0 Å². The lowest BCUT2D eigenvalue weighted by molar-refractivity contribution is 0.665. The average molecular weight is 333 g/mol. The molecule has 0 fully saturated rings. The van der Waals surface area contributed by atoms with Crippen LogP contribution in [0.2, 0.25) is 0 Å². The van der Waals surface area contributed by atoms with E-state index in [0.717, 1.165) is 0 Å². The summed E-state index contributed by atoms with van der Waals surface area (Å²) >= 11 is 0. The van der Waals surface area contributed by atoms with Crippen molar-refractivity contribution in [3.8, 4) is 11.1 Å². The maximum Gasteiger partial charge on any atom is 0.0512 e. The Morgan fingerprint density at radius 2 is 1.46 bits per heavy atom. The molecule has 1 heterocycles. The van der Waals surface area contributed by atoms with Crippen LogP contribution in [0.4, 0.5) is 0 Å². The third-order valence-corrected chi connectivity index (χ3v) is 6.18. The molecule has 0 saturated heterocycles. The first kappa shape index (κ1) is 14.1. The predicted molar refractivity (Wildman–Crippen MR) is 111 cm³/mol. The van der Waals surface area contributed by atoms with Crippen LogP contribution in [0, 0.1) is 0 Å². The maximum atomic E-state index is 3.72. The SMILES string of the molecule is CC1(C)c2ccc3ccccc3c2-c2ccc3c([nH]c4ccccc43)c21. The summed E-state index contributed by atoms with van der Waals surface area (Å²) < 4.78 is 0. The summed E-state index contributed by atoms with van der Waals surface area (Å²) in [5.41, 5.74) is 8.12. The average Bonchev–Trinajstić information content (AvgIpc) is 3.15. The molecule has 0 saturated carbocycles. The first-order valence-corrected chi connectivity index (χ1v) is 9.23. The molecule has 1 aliphatic carbocycles. The van der Waals surface area contributed by atoms with Crippen LogP contribution in [0.25, 0.3) is 43.7 Å². The fourth-order valence-corrected chi connectivity index (χ4v) is 4.99. The first-order valence-electron chi connectivity index (χ1n) is 9.23. The van der Waals surface area contributed by atoms with Crippen LogP contribution < -0.4 is 0 Å². The van der Waals surface area contributed by atoms with E-state index in [1.165, 1.54) is 54.8 Å². The Balaban J connectivity index is 1.83. The van der Waals surface area contributed by atoms with Gasteiger partial charge in [0.05, 0.1) is 5.52 Å². The van der Waals surface area contributed by atoms with Gasteiger partial charge in [-0.25, -0.2) is 0 Å². The van der Waals surface area contributed by atoms with Crippen molar-refractivity contribution in [3.63, 3.8) is 0 Å². The van der Waals surface area contributed by atoms with Crippen molar-refractivity contribution < 1.29 is 0 Å². The second kappa shape index (κ2) is 4.56. The number of rotatable bonds is 0. The van der Waals surface area contributed by atoms with Gasteiger partial charge in [-0.2, -0.15) is 0 Å². The van der Waals surface area contributed by atoms with Gasteiger partial charge in [0.25, 0.3) is 0 Å². The van der Waals surface area contributed by atoms with Gasteiger partial charge in [-0.05, 0) is 39.1 Å². The molecule has 0 spiro atoms. The molecule has 6 rings (SSSR count). The van der Waals surface area contributed by atoms with Crippen LogP contribution in [-0.2, 0) is 5.41 Å². The van der Waals surface area contributed by atoms with E-state index in [0.29, 0.717) is 0 Å². The lowest BCUT2D eigenvalue weighted by Crippen LogP contribution is -2.15. The molecule has 0 radical (unpaired) electrons. The zero-order valence-corrected chi connectivity index (χ0v) is 14.9. The molecule has 1 nitrogen and oxygen atoms in total. The van der Waals surface area contributed by atoms with E-state index in [-0.39, 0.29) is 5.41 Å². The minimum atomic E-state index is -0.0188. The van der Waals surface area contributed by atoms with Crippen LogP contribution in [0.3, 0.4) is 0 Å². The number of benzene rings is 4. The highest BCUT2D eigenvalue weighted by atomic mass is 14.7. The van der Waals surface area contributed by atoms with Crippen molar-refractivity contribution in [2.45, 2.75) is 19.3 Å². The van der Waals surface area contributed by atoms with Crippen LogP contribution in [0.1, 0.15) is 25.0 Å². The van der Waals surface area contributed by atoms with Crippen molar-refractivity contribution in [1.82, 2.24) is 4.98 Å². The summed E-state index contributed by atoms with van der Waals surface area (Å²) in [6.07, 6.45) is 0. The second-order valence-corrected chi connectivity index (χ2v) is 7.92. The topological polar surface area (TPSA) is 15.8 Å². The Morgan fingerprint density at radius 1 is 0.692 bits per heavy atom. The molecular weight excluding hydrogens is 314 g/mol. The number of H-pyrrole nitrogens is 1. The molecule has 0 atom stereocenters. The maximum absolute atomic E-state index is 3.72. The highest BCUT2D eigenvalue weighted by Crippen LogP contribution is 2.53. The molecule has 1 aromatic heterocycles. The van der Waals surface area contributed by atoms with Gasteiger partial charge in [0, 0.05) is 21.7 Å². The molecular formula is C25H19N. The van der Waals surface area contributed by atoms with Crippen molar-refractivity contribution in [3.05, 3.63) is 83.9 Å². The monoisotopic (exact) mass is 333 g/mol. The summed E-state index contributed by atoms with van der Waals surface area (Å²) in [6, 6.07) is 26.6. The molecule has 1 N–H and O–H groups in total.